The summed E-state index contributed by atoms with van der Waals surface area (Å²) in [5.74, 6) is 1.43. The van der Waals surface area contributed by atoms with Gasteiger partial charge in [0.05, 0.1) is 6.54 Å². The summed E-state index contributed by atoms with van der Waals surface area (Å²) in [6.07, 6.45) is 2.88. The van der Waals surface area contributed by atoms with Crippen molar-refractivity contribution >= 4 is 22.8 Å². The summed E-state index contributed by atoms with van der Waals surface area (Å²) < 4.78 is 5.97. The van der Waals surface area contributed by atoms with Crippen molar-refractivity contribution in [2.75, 3.05) is 19.6 Å². The van der Waals surface area contributed by atoms with Crippen LogP contribution in [0.4, 0.5) is 0 Å². The Hall–Kier alpha value is -2.34. The standard InChI is InChI=1S/C24H33N3O3/c1-4-11-27-22(28)20(14-17(2)3)25-23(29)24(27)9-12-26(13-10-24)16-19-15-18-7-5-6-8-21(18)30-19/h5-8,15,17,20H,4,9-14,16H2,1-3H3,(H,25,29). The van der Waals surface area contributed by atoms with Crippen LogP contribution in [0.15, 0.2) is 34.7 Å². The molecule has 0 bridgehead atoms. The topological polar surface area (TPSA) is 65.8 Å². The zero-order valence-electron chi connectivity index (χ0n) is 18.3. The maximum absolute atomic E-state index is 13.2. The van der Waals surface area contributed by atoms with E-state index in [4.69, 9.17) is 4.42 Å². The average Bonchev–Trinajstić information content (AvgIpc) is 3.13. The SMILES string of the molecule is CCCN1C(=O)C(CC(C)C)NC(=O)C12CCN(Cc1cc3ccccc3o1)CC2. The zero-order valence-corrected chi connectivity index (χ0v) is 18.3. The van der Waals surface area contributed by atoms with Crippen molar-refractivity contribution < 1.29 is 14.0 Å². The molecule has 2 fully saturated rings. The van der Waals surface area contributed by atoms with Gasteiger partial charge in [0, 0.05) is 25.0 Å². The number of benzene rings is 1. The van der Waals surface area contributed by atoms with E-state index in [1.165, 1.54) is 0 Å². The molecule has 0 saturated carbocycles. The number of furan rings is 1. The number of amides is 2. The Kier molecular flexibility index (Phi) is 5.87. The molecule has 0 aliphatic carbocycles. The van der Waals surface area contributed by atoms with Gasteiger partial charge in [0.25, 0.3) is 0 Å². The van der Waals surface area contributed by atoms with Crippen LogP contribution in [-0.2, 0) is 16.1 Å². The van der Waals surface area contributed by atoms with E-state index in [1.54, 1.807) is 0 Å². The van der Waals surface area contributed by atoms with Crippen molar-refractivity contribution in [2.45, 2.75) is 64.6 Å². The molecule has 1 unspecified atom stereocenters. The molecule has 2 aliphatic heterocycles. The largest absolute Gasteiger partial charge is 0.460 e. The maximum Gasteiger partial charge on any atom is 0.246 e. The lowest BCUT2D eigenvalue weighted by Gasteiger charge is -2.51. The summed E-state index contributed by atoms with van der Waals surface area (Å²) in [6.45, 7) is 9.16. The number of rotatable bonds is 6. The second kappa shape index (κ2) is 8.42. The fourth-order valence-corrected chi connectivity index (χ4v) is 4.97. The minimum absolute atomic E-state index is 0.0320. The number of nitrogens with one attached hydrogen (secondary N) is 1. The first-order valence-electron chi connectivity index (χ1n) is 11.2. The molecule has 2 amide bonds. The van der Waals surface area contributed by atoms with Gasteiger partial charge in [0.1, 0.15) is 22.9 Å². The highest BCUT2D eigenvalue weighted by Gasteiger charge is 2.53. The number of carbonyl (C=O) groups is 2. The van der Waals surface area contributed by atoms with Gasteiger partial charge in [-0.15, -0.1) is 0 Å². The van der Waals surface area contributed by atoms with E-state index in [0.29, 0.717) is 31.7 Å². The second-order valence-electron chi connectivity index (χ2n) is 9.20. The van der Waals surface area contributed by atoms with Gasteiger partial charge in [-0.05, 0) is 43.7 Å². The second-order valence-corrected chi connectivity index (χ2v) is 9.20. The van der Waals surface area contributed by atoms with Crippen LogP contribution in [0.2, 0.25) is 0 Å². The number of fused-ring (bicyclic) bond motifs is 1. The molecule has 6 heteroatoms. The van der Waals surface area contributed by atoms with E-state index in [9.17, 15) is 9.59 Å². The lowest BCUT2D eigenvalue weighted by molar-refractivity contribution is -0.161. The van der Waals surface area contributed by atoms with Gasteiger partial charge < -0.3 is 14.6 Å². The molecule has 3 heterocycles. The average molecular weight is 412 g/mol. The van der Waals surface area contributed by atoms with Crippen molar-refractivity contribution in [2.24, 2.45) is 5.92 Å². The predicted molar refractivity (Wildman–Crippen MR) is 117 cm³/mol. The molecule has 0 radical (unpaired) electrons. The third kappa shape index (κ3) is 3.85. The van der Waals surface area contributed by atoms with Gasteiger partial charge >= 0.3 is 0 Å². The van der Waals surface area contributed by atoms with Crippen molar-refractivity contribution in [3.8, 4) is 0 Å². The zero-order chi connectivity index (χ0) is 21.3. The highest BCUT2D eigenvalue weighted by atomic mass is 16.3. The molecule has 30 heavy (non-hydrogen) atoms. The van der Waals surface area contributed by atoms with Crippen LogP contribution in [0.1, 0.15) is 52.2 Å². The van der Waals surface area contributed by atoms with Gasteiger partial charge in [-0.2, -0.15) is 0 Å². The van der Waals surface area contributed by atoms with Crippen LogP contribution in [0.5, 0.6) is 0 Å². The third-order valence-electron chi connectivity index (χ3n) is 6.50. The van der Waals surface area contributed by atoms with Crippen molar-refractivity contribution in [1.29, 1.82) is 0 Å². The van der Waals surface area contributed by atoms with Gasteiger partial charge in [0.15, 0.2) is 0 Å². The highest BCUT2D eigenvalue weighted by molar-refractivity contribution is 6.00. The summed E-state index contributed by atoms with van der Waals surface area (Å²) in [7, 11) is 0. The maximum atomic E-state index is 13.2. The Balaban J connectivity index is 1.46. The number of carbonyl (C=O) groups excluding carboxylic acids is 2. The van der Waals surface area contributed by atoms with Crippen molar-refractivity contribution in [3.63, 3.8) is 0 Å². The van der Waals surface area contributed by atoms with Crippen LogP contribution in [0, 0.1) is 5.92 Å². The lowest BCUT2D eigenvalue weighted by Crippen LogP contribution is -2.73. The molecule has 1 N–H and O–H groups in total. The summed E-state index contributed by atoms with van der Waals surface area (Å²) in [4.78, 5) is 30.7. The third-order valence-corrected chi connectivity index (χ3v) is 6.50. The number of piperidine rings is 1. The molecule has 162 valence electrons. The molecule has 1 aromatic heterocycles. The minimum Gasteiger partial charge on any atom is -0.460 e. The van der Waals surface area contributed by atoms with E-state index in [2.05, 4.69) is 43.1 Å². The molecule has 1 spiro atoms. The van der Waals surface area contributed by atoms with Crippen molar-refractivity contribution in [3.05, 3.63) is 36.1 Å². The van der Waals surface area contributed by atoms with E-state index in [1.807, 2.05) is 23.1 Å². The molecule has 1 aromatic carbocycles. The Morgan fingerprint density at radius 2 is 1.93 bits per heavy atom. The number of piperazine rings is 1. The van der Waals surface area contributed by atoms with E-state index >= 15 is 0 Å². The Morgan fingerprint density at radius 3 is 2.60 bits per heavy atom. The normalized spacial score (nSPS) is 22.3. The van der Waals surface area contributed by atoms with E-state index < -0.39 is 5.54 Å². The minimum atomic E-state index is -0.703. The van der Waals surface area contributed by atoms with Gasteiger partial charge in [-0.1, -0.05) is 39.0 Å². The monoisotopic (exact) mass is 411 g/mol. The Labute approximate surface area is 178 Å². The molecular weight excluding hydrogens is 378 g/mol. The first-order chi connectivity index (χ1) is 14.4. The smallest absolute Gasteiger partial charge is 0.246 e. The summed E-state index contributed by atoms with van der Waals surface area (Å²) in [5.41, 5.74) is 0.203. The lowest BCUT2D eigenvalue weighted by atomic mass is 9.81. The summed E-state index contributed by atoms with van der Waals surface area (Å²) >= 11 is 0. The van der Waals surface area contributed by atoms with E-state index in [0.717, 1.165) is 42.8 Å². The number of nitrogens with zero attached hydrogens (tertiary/aromatic N) is 2. The van der Waals surface area contributed by atoms with E-state index in [-0.39, 0.29) is 17.9 Å². The van der Waals surface area contributed by atoms with Crippen LogP contribution in [-0.4, -0.2) is 52.8 Å². The van der Waals surface area contributed by atoms with Gasteiger partial charge in [0.2, 0.25) is 11.8 Å². The van der Waals surface area contributed by atoms with Crippen LogP contribution in [0.3, 0.4) is 0 Å². The fourth-order valence-electron chi connectivity index (χ4n) is 4.97. The molecular formula is C24H33N3O3. The van der Waals surface area contributed by atoms with Crippen LogP contribution in [0.25, 0.3) is 11.0 Å². The number of likely N-dealkylation sites (tertiary alicyclic amines) is 1. The Bertz CT molecular complexity index is 878. The number of hydrogen-bond donors (Lipinski definition) is 1. The van der Waals surface area contributed by atoms with Crippen LogP contribution >= 0.6 is 0 Å². The van der Waals surface area contributed by atoms with Crippen molar-refractivity contribution in [1.82, 2.24) is 15.1 Å². The Morgan fingerprint density at radius 1 is 1.20 bits per heavy atom. The quantitative estimate of drug-likeness (QED) is 0.789. The molecule has 2 saturated heterocycles. The first kappa shape index (κ1) is 20.9. The first-order valence-corrected chi connectivity index (χ1v) is 11.2. The molecule has 1 atom stereocenters. The molecule has 4 rings (SSSR count). The molecule has 6 nitrogen and oxygen atoms in total. The number of hydrogen-bond acceptors (Lipinski definition) is 4. The summed E-state index contributed by atoms with van der Waals surface area (Å²) in [5, 5.41) is 4.18. The highest BCUT2D eigenvalue weighted by Crippen LogP contribution is 2.34. The molecule has 2 aromatic rings. The fraction of sp³-hybridized carbons (Fsp3) is 0.583. The van der Waals surface area contributed by atoms with Crippen LogP contribution < -0.4 is 5.32 Å². The number of para-hydroxylation sites is 1. The predicted octanol–water partition coefficient (Wildman–Crippen LogP) is 3.55. The van der Waals surface area contributed by atoms with Gasteiger partial charge in [-0.3, -0.25) is 14.5 Å². The summed E-state index contributed by atoms with van der Waals surface area (Å²) in [6, 6.07) is 9.74. The molecule has 2 aliphatic rings. The van der Waals surface area contributed by atoms with Gasteiger partial charge in [-0.25, -0.2) is 0 Å².